The summed E-state index contributed by atoms with van der Waals surface area (Å²) in [5.74, 6) is 0.656. The maximum absolute atomic E-state index is 13.3. The fourth-order valence-electron chi connectivity index (χ4n) is 3.03. The van der Waals surface area contributed by atoms with Crippen molar-refractivity contribution in [3.05, 3.63) is 69.0 Å². The van der Waals surface area contributed by atoms with Crippen molar-refractivity contribution in [3.8, 4) is 5.75 Å². The highest BCUT2D eigenvalue weighted by atomic mass is 127. The van der Waals surface area contributed by atoms with E-state index < -0.39 is 0 Å². The molecule has 2 aromatic carbocycles. The molecule has 1 aliphatic heterocycles. The van der Waals surface area contributed by atoms with Crippen molar-refractivity contribution >= 4 is 62.7 Å². The molecule has 1 fully saturated rings. The number of thioether (sulfide) groups is 1. The van der Waals surface area contributed by atoms with Crippen molar-refractivity contribution in [1.29, 1.82) is 0 Å². The van der Waals surface area contributed by atoms with E-state index in [0.717, 1.165) is 28.4 Å². The number of carbonyl (C=O) groups is 1. The Labute approximate surface area is 194 Å². The number of para-hydroxylation sites is 1. The number of halogens is 2. The average molecular weight is 541 g/mol. The highest BCUT2D eigenvalue weighted by Gasteiger charge is 2.39. The molecule has 1 aliphatic rings. The maximum atomic E-state index is 13.3. The summed E-state index contributed by atoms with van der Waals surface area (Å²) < 4.78 is 7.23. The molecular weight excluding hydrogens is 519 g/mol. The minimum atomic E-state index is -0.234. The van der Waals surface area contributed by atoms with Gasteiger partial charge in [-0.15, -0.1) is 0 Å². The Hall–Kier alpha value is -1.51. The Morgan fingerprint density at radius 2 is 2.10 bits per heavy atom. The number of rotatable bonds is 7. The fraction of sp³-hybridized carbons (Fsp3) is 0.273. The number of anilines is 1. The summed E-state index contributed by atoms with van der Waals surface area (Å²) in [5.41, 5.74) is 2.95. The van der Waals surface area contributed by atoms with Gasteiger partial charge < -0.3 is 4.74 Å². The zero-order chi connectivity index (χ0) is 20.8. The first-order valence-electron chi connectivity index (χ1n) is 9.36. The van der Waals surface area contributed by atoms with E-state index in [1.165, 1.54) is 11.8 Å². The molecule has 152 valence electrons. The number of hydrogen-bond donors (Lipinski definition) is 0. The van der Waals surface area contributed by atoms with Crippen molar-refractivity contribution in [2.75, 3.05) is 11.4 Å². The van der Waals surface area contributed by atoms with Gasteiger partial charge in [-0.3, -0.25) is 14.7 Å². The van der Waals surface area contributed by atoms with E-state index in [1.54, 1.807) is 15.2 Å². The van der Waals surface area contributed by atoms with Crippen LogP contribution in [0.3, 0.4) is 0 Å². The van der Waals surface area contributed by atoms with Gasteiger partial charge in [-0.1, -0.05) is 54.6 Å². The van der Waals surface area contributed by atoms with Gasteiger partial charge in [0.05, 0.1) is 22.2 Å². The van der Waals surface area contributed by atoms with Crippen molar-refractivity contribution in [3.63, 3.8) is 0 Å². The van der Waals surface area contributed by atoms with Crippen LogP contribution in [-0.4, -0.2) is 22.9 Å². The third kappa shape index (κ3) is 5.35. The Morgan fingerprint density at radius 3 is 2.79 bits per heavy atom. The zero-order valence-electron chi connectivity index (χ0n) is 16.3. The summed E-state index contributed by atoms with van der Waals surface area (Å²) in [7, 11) is 0. The standard InChI is InChI=1S/C22H22ClIN2O2S/c1-3-11-25-22-26(18-7-5-4-6-15(18)2)21(27)20(29-22)14-16-8-9-19(17(23)13-16)28-12-10-24/h4-10,12-13,20H,3,11,14H2,1-2H3/b12-10-,25-22-. The van der Waals surface area contributed by atoms with Gasteiger partial charge in [0.15, 0.2) is 5.17 Å². The van der Waals surface area contributed by atoms with Crippen LogP contribution in [0, 0.1) is 6.92 Å². The molecule has 0 aromatic heterocycles. The summed E-state index contributed by atoms with van der Waals surface area (Å²) in [6.07, 6.45) is 3.10. The minimum absolute atomic E-state index is 0.0587. The lowest BCUT2D eigenvalue weighted by atomic mass is 10.1. The molecule has 0 spiro atoms. The Balaban J connectivity index is 1.84. The number of aliphatic imine (C=N–C) groups is 1. The van der Waals surface area contributed by atoms with Crippen LogP contribution in [0.4, 0.5) is 5.69 Å². The Kier molecular flexibility index (Phi) is 8.03. The van der Waals surface area contributed by atoms with Crippen molar-refractivity contribution in [2.24, 2.45) is 4.99 Å². The first-order valence-corrected chi connectivity index (χ1v) is 11.9. The molecule has 0 aliphatic carbocycles. The monoisotopic (exact) mass is 540 g/mol. The average Bonchev–Trinajstić information content (AvgIpc) is 3.01. The van der Waals surface area contributed by atoms with E-state index in [2.05, 4.69) is 34.5 Å². The molecule has 3 rings (SSSR count). The predicted molar refractivity (Wildman–Crippen MR) is 132 cm³/mol. The van der Waals surface area contributed by atoms with Gasteiger partial charge in [-0.25, -0.2) is 0 Å². The number of carbonyl (C=O) groups excluding carboxylic acids is 1. The number of benzene rings is 2. The Bertz CT molecular complexity index is 948. The second-order valence-electron chi connectivity index (χ2n) is 6.58. The predicted octanol–water partition coefficient (Wildman–Crippen LogP) is 6.39. The topological polar surface area (TPSA) is 41.9 Å². The number of hydrogen-bond acceptors (Lipinski definition) is 4. The third-order valence-corrected chi connectivity index (χ3v) is 6.19. The largest absolute Gasteiger partial charge is 0.463 e. The van der Waals surface area contributed by atoms with Gasteiger partial charge in [0.25, 0.3) is 0 Å². The molecular formula is C22H22ClIN2O2S. The molecule has 7 heteroatoms. The first kappa shape index (κ1) is 22.2. The van der Waals surface area contributed by atoms with Crippen LogP contribution in [0.2, 0.25) is 5.02 Å². The second kappa shape index (κ2) is 10.5. The van der Waals surface area contributed by atoms with Crippen molar-refractivity contribution in [2.45, 2.75) is 31.9 Å². The van der Waals surface area contributed by atoms with E-state index in [0.29, 0.717) is 23.7 Å². The lowest BCUT2D eigenvalue weighted by molar-refractivity contribution is -0.116. The van der Waals surface area contributed by atoms with Crippen LogP contribution in [0.5, 0.6) is 5.75 Å². The SMILES string of the molecule is CCC/N=C1\SC(Cc2ccc(O/C=C\I)c(Cl)c2)C(=O)N1c1ccccc1C. The molecule has 0 radical (unpaired) electrons. The molecule has 1 amide bonds. The van der Waals surface area contributed by atoms with Crippen molar-refractivity contribution < 1.29 is 9.53 Å². The molecule has 4 nitrogen and oxygen atoms in total. The number of ether oxygens (including phenoxy) is 1. The van der Waals surface area contributed by atoms with Crippen LogP contribution in [0.15, 0.2) is 57.8 Å². The fourth-order valence-corrected chi connectivity index (χ4v) is 4.62. The van der Waals surface area contributed by atoms with Gasteiger partial charge in [0.2, 0.25) is 5.91 Å². The maximum Gasteiger partial charge on any atom is 0.247 e. The minimum Gasteiger partial charge on any atom is -0.463 e. The molecule has 0 N–H and O–H groups in total. The highest BCUT2D eigenvalue weighted by molar-refractivity contribution is 14.1. The summed E-state index contributed by atoms with van der Waals surface area (Å²) in [6, 6.07) is 13.6. The van der Waals surface area contributed by atoms with Gasteiger partial charge >= 0.3 is 0 Å². The molecule has 29 heavy (non-hydrogen) atoms. The zero-order valence-corrected chi connectivity index (χ0v) is 20.0. The molecule has 1 heterocycles. The summed E-state index contributed by atoms with van der Waals surface area (Å²) >= 11 is 9.95. The number of nitrogens with zero attached hydrogens (tertiary/aromatic N) is 2. The van der Waals surface area contributed by atoms with Crippen LogP contribution >= 0.6 is 46.0 Å². The van der Waals surface area contributed by atoms with Crippen LogP contribution in [0.1, 0.15) is 24.5 Å². The quantitative estimate of drug-likeness (QED) is 0.302. The molecule has 2 aromatic rings. The van der Waals surface area contributed by atoms with Crippen LogP contribution < -0.4 is 9.64 Å². The third-order valence-electron chi connectivity index (χ3n) is 4.43. The van der Waals surface area contributed by atoms with E-state index in [1.807, 2.05) is 49.4 Å². The van der Waals surface area contributed by atoms with E-state index in [9.17, 15) is 4.79 Å². The number of aryl methyl sites for hydroxylation is 1. The lowest BCUT2D eigenvalue weighted by Crippen LogP contribution is -2.33. The van der Waals surface area contributed by atoms with Gasteiger partial charge in [0.1, 0.15) is 5.75 Å². The van der Waals surface area contributed by atoms with Crippen molar-refractivity contribution in [1.82, 2.24) is 0 Å². The van der Waals surface area contributed by atoms with Crippen LogP contribution in [-0.2, 0) is 11.2 Å². The molecule has 1 atom stereocenters. The summed E-state index contributed by atoms with van der Waals surface area (Å²) in [5, 5.41) is 1.07. The molecule has 0 bridgehead atoms. The Morgan fingerprint density at radius 1 is 1.31 bits per heavy atom. The van der Waals surface area contributed by atoms with E-state index in [4.69, 9.17) is 16.3 Å². The number of amides is 1. The molecule has 0 saturated carbocycles. The lowest BCUT2D eigenvalue weighted by Gasteiger charge is -2.19. The smallest absolute Gasteiger partial charge is 0.247 e. The van der Waals surface area contributed by atoms with E-state index in [-0.39, 0.29) is 11.2 Å². The van der Waals surface area contributed by atoms with E-state index >= 15 is 0 Å². The van der Waals surface area contributed by atoms with Gasteiger partial charge in [-0.05, 0) is 71.7 Å². The molecule has 1 saturated heterocycles. The van der Waals surface area contributed by atoms with Crippen LogP contribution in [0.25, 0.3) is 0 Å². The normalized spacial score (nSPS) is 18.2. The highest BCUT2D eigenvalue weighted by Crippen LogP contribution is 2.36. The van der Waals surface area contributed by atoms with Gasteiger partial charge in [-0.2, -0.15) is 0 Å². The van der Waals surface area contributed by atoms with Gasteiger partial charge in [0, 0.05) is 10.6 Å². The first-order chi connectivity index (χ1) is 14.0. The second-order valence-corrected chi connectivity index (χ2v) is 8.88. The number of amidine groups is 1. The molecule has 1 unspecified atom stereocenters. The summed E-state index contributed by atoms with van der Waals surface area (Å²) in [6.45, 7) is 4.80. The summed E-state index contributed by atoms with van der Waals surface area (Å²) in [4.78, 5) is 19.7.